The molecule has 0 radical (unpaired) electrons. The lowest BCUT2D eigenvalue weighted by Gasteiger charge is -2.19. The van der Waals surface area contributed by atoms with Gasteiger partial charge in [0, 0.05) is 10.8 Å². The molecule has 2 nitrogen and oxygen atoms in total. The molecule has 102 valence electrons. The second-order valence-corrected chi connectivity index (χ2v) is 5.97. The van der Waals surface area contributed by atoms with E-state index in [1.807, 2.05) is 24.3 Å². The largest absolute Gasteiger partial charge is 0.496 e. The maximum atomic E-state index is 5.94. The summed E-state index contributed by atoms with van der Waals surface area (Å²) < 4.78 is 11.3. The zero-order valence-corrected chi connectivity index (χ0v) is 12.2. The second kappa shape index (κ2) is 5.52. The van der Waals surface area contributed by atoms with E-state index in [1.165, 1.54) is 0 Å². The molecule has 0 aliphatic heterocycles. The van der Waals surface area contributed by atoms with Crippen LogP contribution in [-0.2, 0) is 0 Å². The van der Waals surface area contributed by atoms with Gasteiger partial charge in [0.2, 0.25) is 0 Å². The molecular weight excluding hydrogens is 236 g/mol. The van der Waals surface area contributed by atoms with Crippen LogP contribution in [0.25, 0.3) is 10.8 Å². The molecule has 0 aromatic heterocycles. The molecule has 0 N–H and O–H groups in total. The van der Waals surface area contributed by atoms with E-state index >= 15 is 0 Å². The summed E-state index contributed by atoms with van der Waals surface area (Å²) in [4.78, 5) is 0. The molecule has 0 unspecified atom stereocenters. The molecule has 0 spiro atoms. The maximum absolute atomic E-state index is 5.94. The van der Waals surface area contributed by atoms with Gasteiger partial charge in [-0.15, -0.1) is 0 Å². The molecule has 0 bridgehead atoms. The van der Waals surface area contributed by atoms with Crippen molar-refractivity contribution in [1.82, 2.24) is 0 Å². The van der Waals surface area contributed by atoms with Gasteiger partial charge in [0.25, 0.3) is 0 Å². The topological polar surface area (TPSA) is 18.5 Å². The van der Waals surface area contributed by atoms with Gasteiger partial charge in [-0.2, -0.15) is 0 Å². The summed E-state index contributed by atoms with van der Waals surface area (Å²) in [7, 11) is 1.70. The smallest absolute Gasteiger partial charge is 0.127 e. The Morgan fingerprint density at radius 2 is 1.47 bits per heavy atom. The van der Waals surface area contributed by atoms with Gasteiger partial charge < -0.3 is 9.47 Å². The van der Waals surface area contributed by atoms with E-state index < -0.39 is 0 Å². The third kappa shape index (κ3) is 3.40. The fourth-order valence-electron chi connectivity index (χ4n) is 2.01. The summed E-state index contributed by atoms with van der Waals surface area (Å²) in [5, 5.41) is 2.20. The molecule has 0 fully saturated rings. The molecule has 0 aliphatic carbocycles. The lowest BCUT2D eigenvalue weighted by atomic mass is 9.93. The van der Waals surface area contributed by atoms with Crippen molar-refractivity contribution < 1.29 is 9.47 Å². The number of methoxy groups -OCH3 is 1. The van der Waals surface area contributed by atoms with E-state index in [-0.39, 0.29) is 0 Å². The quantitative estimate of drug-likeness (QED) is 0.793. The Bertz CT molecular complexity index is 553. The number of ether oxygens (including phenoxy) is 2. The monoisotopic (exact) mass is 258 g/mol. The normalized spacial score (nSPS) is 11.6. The Balaban J connectivity index is 2.24. The van der Waals surface area contributed by atoms with Crippen LogP contribution in [-0.4, -0.2) is 13.7 Å². The molecule has 2 heteroatoms. The predicted octanol–water partition coefficient (Wildman–Crippen LogP) is 4.66. The van der Waals surface area contributed by atoms with Crippen LogP contribution in [0.2, 0.25) is 0 Å². The lowest BCUT2D eigenvalue weighted by Crippen LogP contribution is -2.11. The van der Waals surface area contributed by atoms with E-state index in [0.717, 1.165) is 35.3 Å². The molecule has 2 aromatic carbocycles. The van der Waals surface area contributed by atoms with Crippen LogP contribution in [0.15, 0.2) is 36.4 Å². The van der Waals surface area contributed by atoms with Crippen molar-refractivity contribution >= 4 is 10.8 Å². The number of fused-ring (bicyclic) bond motifs is 1. The van der Waals surface area contributed by atoms with Crippen LogP contribution in [0, 0.1) is 5.41 Å². The molecule has 19 heavy (non-hydrogen) atoms. The predicted molar refractivity (Wildman–Crippen MR) is 80.1 cm³/mol. The molecule has 2 aromatic rings. The summed E-state index contributed by atoms with van der Waals surface area (Å²) in [6, 6.07) is 12.1. The van der Waals surface area contributed by atoms with Gasteiger partial charge in [-0.25, -0.2) is 0 Å². The molecule has 0 saturated carbocycles. The van der Waals surface area contributed by atoms with Crippen molar-refractivity contribution in [2.24, 2.45) is 5.41 Å². The van der Waals surface area contributed by atoms with Crippen molar-refractivity contribution in [3.05, 3.63) is 36.4 Å². The first-order valence-corrected chi connectivity index (χ1v) is 6.70. The Hall–Kier alpha value is -1.70. The van der Waals surface area contributed by atoms with E-state index in [4.69, 9.17) is 9.47 Å². The van der Waals surface area contributed by atoms with E-state index in [0.29, 0.717) is 5.41 Å². The standard InChI is InChI=1S/C17H22O2/c1-17(2,3)11-12-19-16-10-9-15(18-4)13-7-5-6-8-14(13)16/h5-10H,11-12H2,1-4H3. The number of benzene rings is 2. The van der Waals surface area contributed by atoms with Gasteiger partial charge >= 0.3 is 0 Å². The molecule has 2 rings (SSSR count). The summed E-state index contributed by atoms with van der Waals surface area (Å²) in [6.45, 7) is 7.41. The summed E-state index contributed by atoms with van der Waals surface area (Å²) in [5.41, 5.74) is 0.294. The van der Waals surface area contributed by atoms with Crippen molar-refractivity contribution in [2.75, 3.05) is 13.7 Å². The van der Waals surface area contributed by atoms with E-state index in [1.54, 1.807) is 7.11 Å². The zero-order valence-electron chi connectivity index (χ0n) is 12.2. The van der Waals surface area contributed by atoms with Crippen molar-refractivity contribution in [2.45, 2.75) is 27.2 Å². The highest BCUT2D eigenvalue weighted by Gasteiger charge is 2.11. The fourth-order valence-corrected chi connectivity index (χ4v) is 2.01. The average Bonchev–Trinajstić information content (AvgIpc) is 2.37. The first-order chi connectivity index (χ1) is 9.01. The summed E-state index contributed by atoms with van der Waals surface area (Å²) in [6.07, 6.45) is 1.04. The van der Waals surface area contributed by atoms with E-state index in [2.05, 4.69) is 32.9 Å². The highest BCUT2D eigenvalue weighted by atomic mass is 16.5. The number of hydrogen-bond donors (Lipinski definition) is 0. The van der Waals surface area contributed by atoms with Crippen molar-refractivity contribution in [3.8, 4) is 11.5 Å². The minimum atomic E-state index is 0.294. The Labute approximate surface area is 115 Å². The third-order valence-electron chi connectivity index (χ3n) is 3.17. The maximum Gasteiger partial charge on any atom is 0.127 e. The van der Waals surface area contributed by atoms with Gasteiger partial charge in [-0.3, -0.25) is 0 Å². The van der Waals surface area contributed by atoms with E-state index in [9.17, 15) is 0 Å². The summed E-state index contributed by atoms with van der Waals surface area (Å²) in [5.74, 6) is 1.82. The highest BCUT2D eigenvalue weighted by molar-refractivity contribution is 5.93. The zero-order chi connectivity index (χ0) is 13.9. The molecular formula is C17H22O2. The molecule has 0 amide bonds. The summed E-state index contributed by atoms with van der Waals surface area (Å²) >= 11 is 0. The minimum Gasteiger partial charge on any atom is -0.496 e. The van der Waals surface area contributed by atoms with Gasteiger partial charge in [0.1, 0.15) is 11.5 Å². The Morgan fingerprint density at radius 3 is 2.05 bits per heavy atom. The highest BCUT2D eigenvalue weighted by Crippen LogP contribution is 2.33. The van der Waals surface area contributed by atoms with Crippen molar-refractivity contribution in [3.63, 3.8) is 0 Å². The minimum absolute atomic E-state index is 0.294. The fraction of sp³-hybridized carbons (Fsp3) is 0.412. The van der Waals surface area contributed by atoms with Gasteiger partial charge in [-0.1, -0.05) is 45.0 Å². The van der Waals surface area contributed by atoms with Gasteiger partial charge in [0.15, 0.2) is 0 Å². The third-order valence-corrected chi connectivity index (χ3v) is 3.17. The van der Waals surface area contributed by atoms with Gasteiger partial charge in [0.05, 0.1) is 13.7 Å². The average molecular weight is 258 g/mol. The molecule has 0 atom stereocenters. The SMILES string of the molecule is COc1ccc(OCCC(C)(C)C)c2ccccc12. The number of rotatable bonds is 4. The Morgan fingerprint density at radius 1 is 0.895 bits per heavy atom. The Kier molecular flexibility index (Phi) is 3.98. The van der Waals surface area contributed by atoms with Crippen molar-refractivity contribution in [1.29, 1.82) is 0 Å². The molecule has 0 heterocycles. The first-order valence-electron chi connectivity index (χ1n) is 6.70. The molecule has 0 saturated heterocycles. The van der Waals surface area contributed by atoms with Crippen LogP contribution in [0.3, 0.4) is 0 Å². The van der Waals surface area contributed by atoms with Crippen LogP contribution in [0.4, 0.5) is 0 Å². The molecule has 0 aliphatic rings. The lowest BCUT2D eigenvalue weighted by molar-refractivity contribution is 0.245. The first kappa shape index (κ1) is 13.7. The van der Waals surface area contributed by atoms with Crippen LogP contribution < -0.4 is 9.47 Å². The van der Waals surface area contributed by atoms with Crippen LogP contribution in [0.5, 0.6) is 11.5 Å². The van der Waals surface area contributed by atoms with Crippen LogP contribution in [0.1, 0.15) is 27.2 Å². The number of hydrogen-bond acceptors (Lipinski definition) is 2. The second-order valence-electron chi connectivity index (χ2n) is 5.97. The van der Waals surface area contributed by atoms with Gasteiger partial charge in [-0.05, 0) is 24.0 Å². The van der Waals surface area contributed by atoms with Crippen LogP contribution >= 0.6 is 0 Å².